The molecule has 0 atom stereocenters. The number of amides is 1. The lowest BCUT2D eigenvalue weighted by molar-refractivity contribution is 0.0937. The van der Waals surface area contributed by atoms with E-state index < -0.39 is 10.0 Å². The topological polar surface area (TPSA) is 88.2 Å². The molecule has 0 unspecified atom stereocenters. The molecular weight excluding hydrogens is 374 g/mol. The van der Waals surface area contributed by atoms with Crippen LogP contribution in [-0.4, -0.2) is 25.4 Å². The number of para-hydroxylation sites is 1. The minimum Gasteiger partial charge on any atom is -0.349 e. The maximum Gasteiger partial charge on any atom is 0.261 e. The molecule has 2 aromatic carbocycles. The van der Waals surface area contributed by atoms with Crippen LogP contribution in [0.1, 0.15) is 36.0 Å². The van der Waals surface area contributed by atoms with Gasteiger partial charge in [-0.25, -0.2) is 8.42 Å². The first-order valence-electron chi connectivity index (χ1n) is 9.30. The van der Waals surface area contributed by atoms with Crippen LogP contribution in [0, 0.1) is 0 Å². The number of fused-ring (bicyclic) bond motifs is 1. The highest BCUT2D eigenvalue weighted by Crippen LogP contribution is 2.24. The van der Waals surface area contributed by atoms with Crippen LogP contribution >= 0.6 is 0 Å². The molecule has 6 nitrogen and oxygen atoms in total. The number of aromatic nitrogens is 1. The second-order valence-electron chi connectivity index (χ2n) is 6.97. The summed E-state index contributed by atoms with van der Waals surface area (Å²) in [7, 11) is -3.86. The monoisotopic (exact) mass is 395 g/mol. The zero-order chi connectivity index (χ0) is 19.6. The molecule has 0 spiro atoms. The van der Waals surface area contributed by atoms with Crippen LogP contribution in [-0.2, 0) is 10.0 Å². The molecular formula is C21H21N3O3S. The van der Waals surface area contributed by atoms with Crippen molar-refractivity contribution in [3.8, 4) is 0 Å². The van der Waals surface area contributed by atoms with Crippen LogP contribution < -0.4 is 10.0 Å². The van der Waals surface area contributed by atoms with Crippen molar-refractivity contribution < 1.29 is 13.2 Å². The predicted octanol–water partition coefficient (Wildman–Crippen LogP) is 3.71. The Bertz CT molecular complexity index is 1120. The standard InChI is InChI=1S/C21H21N3O3S/c25-21(23-17-9-1-2-10-17)16-7-3-11-18(14-16)28(26,27)24-19-12-4-6-15-8-5-13-22-20(15)19/h3-8,11-14,17,24H,1-2,9-10H2,(H,23,25). The van der Waals surface area contributed by atoms with Gasteiger partial charge >= 0.3 is 0 Å². The fourth-order valence-corrected chi connectivity index (χ4v) is 4.65. The summed E-state index contributed by atoms with van der Waals surface area (Å²) in [6, 6.07) is 15.2. The Labute approximate surface area is 164 Å². The molecule has 1 saturated carbocycles. The molecule has 0 bridgehead atoms. The van der Waals surface area contributed by atoms with E-state index >= 15 is 0 Å². The van der Waals surface area contributed by atoms with E-state index in [2.05, 4.69) is 15.0 Å². The Morgan fingerprint density at radius 1 is 1.00 bits per heavy atom. The Morgan fingerprint density at radius 3 is 2.57 bits per heavy atom. The number of carbonyl (C=O) groups is 1. The zero-order valence-electron chi connectivity index (χ0n) is 15.3. The first-order valence-corrected chi connectivity index (χ1v) is 10.8. The molecule has 1 aliphatic carbocycles. The summed E-state index contributed by atoms with van der Waals surface area (Å²) in [5.41, 5.74) is 1.31. The van der Waals surface area contributed by atoms with E-state index in [9.17, 15) is 13.2 Å². The number of sulfonamides is 1. The van der Waals surface area contributed by atoms with Gasteiger partial charge in [0.2, 0.25) is 0 Å². The van der Waals surface area contributed by atoms with Crippen LogP contribution in [0.3, 0.4) is 0 Å². The first-order chi connectivity index (χ1) is 13.5. The summed E-state index contributed by atoms with van der Waals surface area (Å²) >= 11 is 0. The van der Waals surface area contributed by atoms with E-state index in [4.69, 9.17) is 0 Å². The van der Waals surface area contributed by atoms with Crippen molar-refractivity contribution in [3.05, 3.63) is 66.4 Å². The Balaban J connectivity index is 1.59. The predicted molar refractivity (Wildman–Crippen MR) is 109 cm³/mol. The lowest BCUT2D eigenvalue weighted by Gasteiger charge is -2.13. The van der Waals surface area contributed by atoms with Crippen molar-refractivity contribution in [3.63, 3.8) is 0 Å². The fourth-order valence-electron chi connectivity index (χ4n) is 3.53. The van der Waals surface area contributed by atoms with Gasteiger partial charge in [0.1, 0.15) is 0 Å². The van der Waals surface area contributed by atoms with Crippen molar-refractivity contribution in [2.45, 2.75) is 36.6 Å². The molecule has 3 aromatic rings. The van der Waals surface area contributed by atoms with Gasteiger partial charge in [0, 0.05) is 23.2 Å². The van der Waals surface area contributed by atoms with Crippen molar-refractivity contribution in [1.82, 2.24) is 10.3 Å². The fraction of sp³-hybridized carbons (Fsp3) is 0.238. The average Bonchev–Trinajstić information content (AvgIpc) is 3.21. The normalized spacial score (nSPS) is 14.9. The molecule has 2 N–H and O–H groups in total. The van der Waals surface area contributed by atoms with Crippen LogP contribution in [0.15, 0.2) is 65.7 Å². The Kier molecular flexibility index (Phi) is 5.00. The lowest BCUT2D eigenvalue weighted by Crippen LogP contribution is -2.32. The Morgan fingerprint density at radius 2 is 1.75 bits per heavy atom. The van der Waals surface area contributed by atoms with Gasteiger partial charge in [-0.2, -0.15) is 0 Å². The maximum absolute atomic E-state index is 12.9. The average molecular weight is 395 g/mol. The minimum absolute atomic E-state index is 0.0412. The zero-order valence-corrected chi connectivity index (χ0v) is 16.1. The molecule has 28 heavy (non-hydrogen) atoms. The number of carbonyl (C=O) groups excluding carboxylic acids is 1. The summed E-state index contributed by atoms with van der Waals surface area (Å²) in [6.07, 6.45) is 5.79. The summed E-state index contributed by atoms with van der Waals surface area (Å²) in [5, 5.41) is 3.82. The molecule has 1 aromatic heterocycles. The molecule has 0 saturated heterocycles. The van der Waals surface area contributed by atoms with Crippen molar-refractivity contribution in [2.24, 2.45) is 0 Å². The highest BCUT2D eigenvalue weighted by atomic mass is 32.2. The van der Waals surface area contributed by atoms with E-state index in [0.717, 1.165) is 31.1 Å². The minimum atomic E-state index is -3.86. The number of hydrogen-bond donors (Lipinski definition) is 2. The molecule has 1 amide bonds. The number of pyridine rings is 1. The highest BCUT2D eigenvalue weighted by molar-refractivity contribution is 7.92. The molecule has 1 fully saturated rings. The first kappa shape index (κ1) is 18.4. The van der Waals surface area contributed by atoms with Gasteiger partial charge in [0.25, 0.3) is 15.9 Å². The van der Waals surface area contributed by atoms with Gasteiger partial charge in [-0.15, -0.1) is 0 Å². The number of anilines is 1. The van der Waals surface area contributed by atoms with Crippen LogP contribution in [0.4, 0.5) is 5.69 Å². The van der Waals surface area contributed by atoms with Crippen LogP contribution in [0.5, 0.6) is 0 Å². The molecule has 7 heteroatoms. The number of benzene rings is 2. The van der Waals surface area contributed by atoms with E-state index in [1.54, 1.807) is 36.5 Å². The summed E-state index contributed by atoms with van der Waals surface area (Å²) in [4.78, 5) is 16.8. The van der Waals surface area contributed by atoms with Crippen LogP contribution in [0.2, 0.25) is 0 Å². The Hall–Kier alpha value is -2.93. The van der Waals surface area contributed by atoms with Crippen molar-refractivity contribution in [2.75, 3.05) is 4.72 Å². The second kappa shape index (κ2) is 7.59. The third-order valence-electron chi connectivity index (χ3n) is 4.97. The number of rotatable bonds is 5. The molecule has 144 valence electrons. The van der Waals surface area contributed by atoms with Gasteiger partial charge in [-0.1, -0.05) is 37.1 Å². The molecule has 0 radical (unpaired) electrons. The maximum atomic E-state index is 12.9. The molecule has 0 aliphatic heterocycles. The largest absolute Gasteiger partial charge is 0.349 e. The smallest absolute Gasteiger partial charge is 0.261 e. The van der Waals surface area contributed by atoms with Gasteiger partial charge in [0.05, 0.1) is 16.1 Å². The van der Waals surface area contributed by atoms with Gasteiger partial charge in [-0.3, -0.25) is 14.5 Å². The summed E-state index contributed by atoms with van der Waals surface area (Å²) < 4.78 is 28.4. The molecule has 1 heterocycles. The number of hydrogen-bond acceptors (Lipinski definition) is 4. The van der Waals surface area contributed by atoms with E-state index in [-0.39, 0.29) is 16.8 Å². The van der Waals surface area contributed by atoms with Gasteiger partial charge < -0.3 is 5.32 Å². The highest BCUT2D eigenvalue weighted by Gasteiger charge is 2.21. The van der Waals surface area contributed by atoms with E-state index in [0.29, 0.717) is 16.8 Å². The second-order valence-corrected chi connectivity index (χ2v) is 8.65. The summed E-state index contributed by atoms with van der Waals surface area (Å²) in [5.74, 6) is -0.240. The van der Waals surface area contributed by atoms with Crippen LogP contribution in [0.25, 0.3) is 10.9 Å². The SMILES string of the molecule is O=C(NC1CCCC1)c1cccc(S(=O)(=O)Nc2cccc3cccnc23)c1. The third kappa shape index (κ3) is 3.84. The number of nitrogens with one attached hydrogen (secondary N) is 2. The van der Waals surface area contributed by atoms with Crippen molar-refractivity contribution >= 4 is 32.5 Å². The number of nitrogens with zero attached hydrogens (tertiary/aromatic N) is 1. The van der Waals surface area contributed by atoms with Gasteiger partial charge in [0.15, 0.2) is 0 Å². The van der Waals surface area contributed by atoms with Gasteiger partial charge in [-0.05, 0) is 43.2 Å². The van der Waals surface area contributed by atoms with Crippen molar-refractivity contribution in [1.29, 1.82) is 0 Å². The molecule has 4 rings (SSSR count). The van der Waals surface area contributed by atoms with E-state index in [1.165, 1.54) is 12.1 Å². The third-order valence-corrected chi connectivity index (χ3v) is 6.34. The summed E-state index contributed by atoms with van der Waals surface area (Å²) in [6.45, 7) is 0. The quantitative estimate of drug-likeness (QED) is 0.689. The lowest BCUT2D eigenvalue weighted by atomic mass is 10.2. The molecule has 1 aliphatic rings. The van der Waals surface area contributed by atoms with E-state index in [1.807, 2.05) is 12.1 Å².